The summed E-state index contributed by atoms with van der Waals surface area (Å²) >= 11 is 0. The van der Waals surface area contributed by atoms with Gasteiger partial charge in [0.15, 0.2) is 11.2 Å². The normalized spacial score (nSPS) is 21.2. The van der Waals surface area contributed by atoms with Crippen molar-refractivity contribution in [1.82, 2.24) is 10.2 Å². The van der Waals surface area contributed by atoms with Gasteiger partial charge in [0.25, 0.3) is 0 Å². The van der Waals surface area contributed by atoms with Gasteiger partial charge in [0.2, 0.25) is 5.91 Å². The van der Waals surface area contributed by atoms with Gasteiger partial charge in [-0.05, 0) is 30.2 Å². The second-order valence-corrected chi connectivity index (χ2v) is 6.99. The molecule has 6 heteroatoms. The standard InChI is InChI=1S/C18H21N3O3/c1-17(2)11-18(17,16(23)24)15(22)19-14-10-13(20-21-14)9-8-12-6-4-3-5-7-12/h3-7,10H,8-9,11H2,1-2H3,(H,23,24)(H2,19,20,21,22). The maximum Gasteiger partial charge on any atom is 0.319 e. The molecule has 3 rings (SSSR count). The summed E-state index contributed by atoms with van der Waals surface area (Å²) < 4.78 is 0. The average Bonchev–Trinajstić information content (AvgIpc) is 2.90. The van der Waals surface area contributed by atoms with Gasteiger partial charge in [0.05, 0.1) is 0 Å². The summed E-state index contributed by atoms with van der Waals surface area (Å²) in [5, 5.41) is 19.0. The van der Waals surface area contributed by atoms with Crippen molar-refractivity contribution in [3.63, 3.8) is 0 Å². The summed E-state index contributed by atoms with van der Waals surface area (Å²) in [4.78, 5) is 23.9. The number of benzene rings is 1. The Kier molecular flexibility index (Phi) is 3.91. The smallest absolute Gasteiger partial charge is 0.319 e. The zero-order chi connectivity index (χ0) is 17.4. The van der Waals surface area contributed by atoms with Crippen LogP contribution in [0.3, 0.4) is 0 Å². The Morgan fingerprint density at radius 1 is 1.25 bits per heavy atom. The third kappa shape index (κ3) is 2.79. The number of nitrogens with zero attached hydrogens (tertiary/aromatic N) is 1. The lowest BCUT2D eigenvalue weighted by atomic mass is 9.95. The topological polar surface area (TPSA) is 95.1 Å². The summed E-state index contributed by atoms with van der Waals surface area (Å²) in [6, 6.07) is 11.8. The first-order chi connectivity index (χ1) is 11.3. The van der Waals surface area contributed by atoms with Crippen LogP contribution in [0.1, 0.15) is 31.5 Å². The molecule has 1 aliphatic rings. The van der Waals surface area contributed by atoms with Crippen molar-refractivity contribution in [2.24, 2.45) is 10.8 Å². The number of aryl methyl sites for hydroxylation is 2. The van der Waals surface area contributed by atoms with E-state index in [-0.39, 0.29) is 0 Å². The molecule has 1 amide bonds. The molecule has 1 aromatic heterocycles. The van der Waals surface area contributed by atoms with Gasteiger partial charge >= 0.3 is 5.97 Å². The van der Waals surface area contributed by atoms with Gasteiger partial charge in [0.1, 0.15) is 0 Å². The number of aromatic amines is 1. The number of anilines is 1. The van der Waals surface area contributed by atoms with Crippen LogP contribution in [0.25, 0.3) is 0 Å². The first kappa shape index (κ1) is 16.2. The van der Waals surface area contributed by atoms with Gasteiger partial charge in [-0.3, -0.25) is 14.7 Å². The van der Waals surface area contributed by atoms with Crippen molar-refractivity contribution in [3.05, 3.63) is 47.7 Å². The van der Waals surface area contributed by atoms with Crippen LogP contribution in [-0.2, 0) is 22.4 Å². The van der Waals surface area contributed by atoms with Crippen LogP contribution in [0, 0.1) is 10.8 Å². The van der Waals surface area contributed by atoms with E-state index < -0.39 is 22.7 Å². The molecular formula is C18H21N3O3. The summed E-state index contributed by atoms with van der Waals surface area (Å²) in [7, 11) is 0. The number of hydrogen-bond acceptors (Lipinski definition) is 3. The number of carboxylic acids is 1. The summed E-state index contributed by atoms with van der Waals surface area (Å²) in [6.45, 7) is 3.58. The van der Waals surface area contributed by atoms with Crippen LogP contribution in [0.2, 0.25) is 0 Å². The van der Waals surface area contributed by atoms with Crippen LogP contribution in [0.15, 0.2) is 36.4 Å². The molecular weight excluding hydrogens is 306 g/mol. The number of hydrogen-bond donors (Lipinski definition) is 3. The van der Waals surface area contributed by atoms with Crippen molar-refractivity contribution in [3.8, 4) is 0 Å². The molecule has 0 spiro atoms. The van der Waals surface area contributed by atoms with Gasteiger partial charge in [0, 0.05) is 11.8 Å². The van der Waals surface area contributed by atoms with Crippen molar-refractivity contribution >= 4 is 17.7 Å². The highest BCUT2D eigenvalue weighted by molar-refractivity contribution is 6.11. The number of carboxylic acid groups (broad SMARTS) is 1. The fourth-order valence-corrected chi connectivity index (χ4v) is 3.17. The van der Waals surface area contributed by atoms with Crippen LogP contribution >= 0.6 is 0 Å². The number of aliphatic carboxylic acids is 1. The monoisotopic (exact) mass is 327 g/mol. The second-order valence-electron chi connectivity index (χ2n) is 6.99. The molecule has 1 saturated carbocycles. The molecule has 1 unspecified atom stereocenters. The number of amides is 1. The Hall–Kier alpha value is -2.63. The van der Waals surface area contributed by atoms with Crippen LogP contribution in [-0.4, -0.2) is 27.2 Å². The molecule has 1 atom stereocenters. The lowest BCUT2D eigenvalue weighted by Crippen LogP contribution is -2.35. The Morgan fingerprint density at radius 2 is 1.92 bits per heavy atom. The van der Waals surface area contributed by atoms with E-state index in [4.69, 9.17) is 0 Å². The molecule has 0 aliphatic heterocycles. The largest absolute Gasteiger partial charge is 0.480 e. The fourth-order valence-electron chi connectivity index (χ4n) is 3.17. The minimum absolute atomic E-state index is 0.340. The van der Waals surface area contributed by atoms with Crippen molar-refractivity contribution in [2.75, 3.05) is 5.32 Å². The number of rotatable bonds is 6. The maximum absolute atomic E-state index is 12.4. The van der Waals surface area contributed by atoms with Crippen LogP contribution in [0.4, 0.5) is 5.82 Å². The van der Waals surface area contributed by atoms with Crippen molar-refractivity contribution < 1.29 is 14.7 Å². The number of carbonyl (C=O) groups excluding carboxylic acids is 1. The predicted molar refractivity (Wildman–Crippen MR) is 89.5 cm³/mol. The zero-order valence-corrected chi connectivity index (χ0v) is 13.8. The van der Waals surface area contributed by atoms with E-state index in [1.807, 2.05) is 18.2 Å². The minimum Gasteiger partial charge on any atom is -0.480 e. The van der Waals surface area contributed by atoms with E-state index in [0.29, 0.717) is 12.2 Å². The van der Waals surface area contributed by atoms with Gasteiger partial charge in [-0.2, -0.15) is 5.10 Å². The van der Waals surface area contributed by atoms with E-state index >= 15 is 0 Å². The van der Waals surface area contributed by atoms with E-state index in [1.54, 1.807) is 19.9 Å². The highest BCUT2D eigenvalue weighted by Crippen LogP contribution is 2.64. The van der Waals surface area contributed by atoms with Gasteiger partial charge in [-0.1, -0.05) is 44.2 Å². The van der Waals surface area contributed by atoms with E-state index in [9.17, 15) is 14.7 Å². The minimum atomic E-state index is -1.35. The zero-order valence-electron chi connectivity index (χ0n) is 13.8. The SMILES string of the molecule is CC1(C)CC1(C(=O)O)C(=O)Nc1cc(CCc2ccccc2)[nH]n1. The second kappa shape index (κ2) is 5.78. The van der Waals surface area contributed by atoms with E-state index in [1.165, 1.54) is 5.56 Å². The van der Waals surface area contributed by atoms with Gasteiger partial charge < -0.3 is 10.4 Å². The molecule has 1 aromatic carbocycles. The molecule has 3 N–H and O–H groups in total. The number of aromatic nitrogens is 2. The first-order valence-corrected chi connectivity index (χ1v) is 7.98. The average molecular weight is 327 g/mol. The highest BCUT2D eigenvalue weighted by Gasteiger charge is 2.72. The van der Waals surface area contributed by atoms with Crippen molar-refractivity contribution in [2.45, 2.75) is 33.1 Å². The molecule has 1 fully saturated rings. The summed E-state index contributed by atoms with van der Waals surface area (Å²) in [6.07, 6.45) is 1.97. The Morgan fingerprint density at radius 3 is 2.50 bits per heavy atom. The van der Waals surface area contributed by atoms with Crippen LogP contribution in [0.5, 0.6) is 0 Å². The molecule has 0 radical (unpaired) electrons. The van der Waals surface area contributed by atoms with Gasteiger partial charge in [-0.15, -0.1) is 0 Å². The third-order valence-electron chi connectivity index (χ3n) is 4.89. The molecule has 1 heterocycles. The molecule has 0 bridgehead atoms. The Bertz CT molecular complexity index is 767. The number of H-pyrrole nitrogens is 1. The molecule has 1 aliphatic carbocycles. The summed E-state index contributed by atoms with van der Waals surface area (Å²) in [5.74, 6) is -1.21. The lowest BCUT2D eigenvalue weighted by Gasteiger charge is -2.14. The Balaban J connectivity index is 1.62. The first-order valence-electron chi connectivity index (χ1n) is 7.98. The van der Waals surface area contributed by atoms with E-state index in [2.05, 4.69) is 27.6 Å². The predicted octanol–water partition coefficient (Wildman–Crippen LogP) is 2.63. The lowest BCUT2D eigenvalue weighted by molar-refractivity contribution is -0.149. The Labute approximate surface area is 140 Å². The van der Waals surface area contributed by atoms with E-state index in [0.717, 1.165) is 18.5 Å². The number of carbonyl (C=O) groups is 2. The van der Waals surface area contributed by atoms with Crippen molar-refractivity contribution in [1.29, 1.82) is 0 Å². The maximum atomic E-state index is 12.4. The molecule has 0 saturated heterocycles. The molecule has 6 nitrogen and oxygen atoms in total. The molecule has 2 aromatic rings. The fraction of sp³-hybridized carbons (Fsp3) is 0.389. The highest BCUT2D eigenvalue weighted by atomic mass is 16.4. The quantitative estimate of drug-likeness (QED) is 0.711. The molecule has 126 valence electrons. The summed E-state index contributed by atoms with van der Waals surface area (Å²) in [5.41, 5.74) is 0.238. The van der Waals surface area contributed by atoms with Crippen LogP contribution < -0.4 is 5.32 Å². The molecule has 24 heavy (non-hydrogen) atoms. The third-order valence-corrected chi connectivity index (χ3v) is 4.89. The number of nitrogens with one attached hydrogen (secondary N) is 2. The van der Waals surface area contributed by atoms with Gasteiger partial charge in [-0.25, -0.2) is 0 Å².